The molecule has 1 aromatic rings. The standard InChI is InChI=1S/C10H14N2O4/c1-11-5-6-16-10-4-3-8(15-2)7-9(10)12(13)14/h3-4,7,11H,5-6H2,1-2H3. The minimum Gasteiger partial charge on any atom is -0.496 e. The van der Waals surface area contributed by atoms with E-state index in [0.717, 1.165) is 0 Å². The quantitative estimate of drug-likeness (QED) is 0.448. The van der Waals surface area contributed by atoms with Gasteiger partial charge in [0, 0.05) is 6.54 Å². The monoisotopic (exact) mass is 226 g/mol. The zero-order valence-corrected chi connectivity index (χ0v) is 9.23. The Hall–Kier alpha value is -1.82. The number of methoxy groups -OCH3 is 1. The van der Waals surface area contributed by atoms with Crippen molar-refractivity contribution in [3.8, 4) is 11.5 Å². The average Bonchev–Trinajstić information content (AvgIpc) is 2.29. The first-order valence-corrected chi connectivity index (χ1v) is 4.79. The summed E-state index contributed by atoms with van der Waals surface area (Å²) < 4.78 is 10.2. The van der Waals surface area contributed by atoms with Gasteiger partial charge in [-0.1, -0.05) is 0 Å². The van der Waals surface area contributed by atoms with Crippen molar-refractivity contribution in [3.05, 3.63) is 28.3 Å². The molecule has 16 heavy (non-hydrogen) atoms. The molecule has 0 saturated heterocycles. The van der Waals surface area contributed by atoms with Crippen LogP contribution in [0.25, 0.3) is 0 Å². The molecule has 1 aromatic carbocycles. The number of nitro groups is 1. The van der Waals surface area contributed by atoms with Gasteiger partial charge in [-0.25, -0.2) is 0 Å². The summed E-state index contributed by atoms with van der Waals surface area (Å²) in [6.45, 7) is 1.01. The number of nitrogens with one attached hydrogen (secondary N) is 1. The van der Waals surface area contributed by atoms with Crippen LogP contribution in [0.4, 0.5) is 5.69 Å². The molecule has 1 rings (SSSR count). The molecule has 0 aromatic heterocycles. The molecule has 88 valence electrons. The summed E-state index contributed by atoms with van der Waals surface area (Å²) in [6, 6.07) is 4.50. The van der Waals surface area contributed by atoms with Crippen LogP contribution < -0.4 is 14.8 Å². The van der Waals surface area contributed by atoms with Gasteiger partial charge >= 0.3 is 5.69 Å². The summed E-state index contributed by atoms with van der Waals surface area (Å²) in [5.41, 5.74) is -0.0875. The van der Waals surface area contributed by atoms with Crippen LogP contribution in [0.2, 0.25) is 0 Å². The molecule has 0 aliphatic carbocycles. The minimum atomic E-state index is -0.489. The Morgan fingerprint density at radius 1 is 1.50 bits per heavy atom. The van der Waals surface area contributed by atoms with E-state index in [1.807, 2.05) is 0 Å². The maximum atomic E-state index is 10.8. The van der Waals surface area contributed by atoms with Crippen LogP contribution in [-0.4, -0.2) is 32.2 Å². The van der Waals surface area contributed by atoms with Gasteiger partial charge in [-0.3, -0.25) is 10.1 Å². The lowest BCUT2D eigenvalue weighted by Gasteiger charge is -2.07. The predicted molar refractivity (Wildman–Crippen MR) is 59.1 cm³/mol. The molecule has 1 N–H and O–H groups in total. The Morgan fingerprint density at radius 2 is 2.25 bits per heavy atom. The number of hydrogen-bond acceptors (Lipinski definition) is 5. The van der Waals surface area contributed by atoms with Crippen molar-refractivity contribution < 1.29 is 14.4 Å². The van der Waals surface area contributed by atoms with E-state index < -0.39 is 4.92 Å². The number of benzene rings is 1. The fourth-order valence-electron chi connectivity index (χ4n) is 1.15. The third-order valence-electron chi connectivity index (χ3n) is 1.97. The highest BCUT2D eigenvalue weighted by molar-refractivity contribution is 5.50. The maximum Gasteiger partial charge on any atom is 0.314 e. The number of nitro benzene ring substituents is 1. The first-order chi connectivity index (χ1) is 7.69. The Balaban J connectivity index is 2.85. The van der Waals surface area contributed by atoms with E-state index in [4.69, 9.17) is 9.47 Å². The minimum absolute atomic E-state index is 0.0875. The summed E-state index contributed by atoms with van der Waals surface area (Å²) in [7, 11) is 3.24. The summed E-state index contributed by atoms with van der Waals surface area (Å²) in [5.74, 6) is 0.689. The highest BCUT2D eigenvalue weighted by Crippen LogP contribution is 2.30. The van der Waals surface area contributed by atoms with E-state index in [-0.39, 0.29) is 11.4 Å². The third-order valence-corrected chi connectivity index (χ3v) is 1.97. The van der Waals surface area contributed by atoms with E-state index >= 15 is 0 Å². The van der Waals surface area contributed by atoms with Crippen molar-refractivity contribution in [2.75, 3.05) is 27.3 Å². The molecule has 0 heterocycles. The van der Waals surface area contributed by atoms with Crippen LogP contribution in [0.15, 0.2) is 18.2 Å². The lowest BCUT2D eigenvalue weighted by Crippen LogP contribution is -2.16. The van der Waals surface area contributed by atoms with Gasteiger partial charge < -0.3 is 14.8 Å². The number of rotatable bonds is 6. The van der Waals surface area contributed by atoms with Gasteiger partial charge in [0.05, 0.1) is 18.1 Å². The lowest BCUT2D eigenvalue weighted by molar-refractivity contribution is -0.385. The zero-order chi connectivity index (χ0) is 12.0. The molecule has 0 spiro atoms. The molecular weight excluding hydrogens is 212 g/mol. The largest absolute Gasteiger partial charge is 0.496 e. The van der Waals surface area contributed by atoms with Crippen molar-refractivity contribution in [2.45, 2.75) is 0 Å². The van der Waals surface area contributed by atoms with Gasteiger partial charge in [-0.2, -0.15) is 0 Å². The first kappa shape index (κ1) is 12.3. The van der Waals surface area contributed by atoms with Gasteiger partial charge in [0.25, 0.3) is 0 Å². The molecule has 0 bridgehead atoms. The maximum absolute atomic E-state index is 10.8. The second-order valence-corrected chi connectivity index (χ2v) is 3.04. The van der Waals surface area contributed by atoms with E-state index in [2.05, 4.69) is 5.32 Å². The molecule has 6 heteroatoms. The molecule has 0 fully saturated rings. The summed E-state index contributed by atoms with van der Waals surface area (Å²) in [6.07, 6.45) is 0. The van der Waals surface area contributed by atoms with E-state index in [0.29, 0.717) is 18.9 Å². The Kier molecular flexibility index (Phi) is 4.53. The summed E-state index contributed by atoms with van der Waals surface area (Å²) in [4.78, 5) is 10.3. The van der Waals surface area contributed by atoms with Gasteiger partial charge in [-0.15, -0.1) is 0 Å². The van der Waals surface area contributed by atoms with Crippen molar-refractivity contribution in [2.24, 2.45) is 0 Å². The van der Waals surface area contributed by atoms with Gasteiger partial charge in [0.1, 0.15) is 12.4 Å². The summed E-state index contributed by atoms with van der Waals surface area (Å²) in [5, 5.41) is 13.7. The fraction of sp³-hybridized carbons (Fsp3) is 0.400. The van der Waals surface area contributed by atoms with Crippen LogP contribution in [0.1, 0.15) is 0 Å². The SMILES string of the molecule is CNCCOc1ccc(OC)cc1[N+](=O)[O-]. The van der Waals surface area contributed by atoms with Crippen molar-refractivity contribution in [1.29, 1.82) is 0 Å². The zero-order valence-electron chi connectivity index (χ0n) is 9.23. The predicted octanol–water partition coefficient (Wildman–Crippen LogP) is 1.20. The second kappa shape index (κ2) is 5.92. The number of nitrogens with zero attached hydrogens (tertiary/aromatic N) is 1. The van der Waals surface area contributed by atoms with Crippen molar-refractivity contribution in [3.63, 3.8) is 0 Å². The first-order valence-electron chi connectivity index (χ1n) is 4.79. The Morgan fingerprint density at radius 3 is 2.81 bits per heavy atom. The molecular formula is C10H14N2O4. The normalized spacial score (nSPS) is 9.88. The topological polar surface area (TPSA) is 73.6 Å². The molecule has 0 amide bonds. The van der Waals surface area contributed by atoms with Crippen LogP contribution >= 0.6 is 0 Å². The fourth-order valence-corrected chi connectivity index (χ4v) is 1.15. The van der Waals surface area contributed by atoms with Crippen LogP contribution in [0, 0.1) is 10.1 Å². The van der Waals surface area contributed by atoms with E-state index in [1.54, 1.807) is 13.1 Å². The van der Waals surface area contributed by atoms with Crippen LogP contribution in [0.5, 0.6) is 11.5 Å². The number of likely N-dealkylation sites (N-methyl/N-ethyl adjacent to an activating group) is 1. The van der Waals surface area contributed by atoms with Crippen molar-refractivity contribution >= 4 is 5.69 Å². The number of ether oxygens (including phenoxy) is 2. The molecule has 0 atom stereocenters. The van der Waals surface area contributed by atoms with E-state index in [9.17, 15) is 10.1 Å². The van der Waals surface area contributed by atoms with Crippen LogP contribution in [0.3, 0.4) is 0 Å². The van der Waals surface area contributed by atoms with Crippen LogP contribution in [-0.2, 0) is 0 Å². The van der Waals surface area contributed by atoms with Gasteiger partial charge in [-0.05, 0) is 19.2 Å². The van der Waals surface area contributed by atoms with Gasteiger partial charge in [0.15, 0.2) is 5.75 Å². The summed E-state index contributed by atoms with van der Waals surface area (Å²) >= 11 is 0. The van der Waals surface area contributed by atoms with E-state index in [1.165, 1.54) is 19.2 Å². The smallest absolute Gasteiger partial charge is 0.314 e. The van der Waals surface area contributed by atoms with Gasteiger partial charge in [0.2, 0.25) is 0 Å². The van der Waals surface area contributed by atoms with Crippen molar-refractivity contribution in [1.82, 2.24) is 5.32 Å². The lowest BCUT2D eigenvalue weighted by atomic mass is 10.3. The molecule has 0 saturated carbocycles. The highest BCUT2D eigenvalue weighted by Gasteiger charge is 2.16. The Bertz CT molecular complexity index is 368. The molecule has 6 nitrogen and oxygen atoms in total. The molecule has 0 aliphatic rings. The highest BCUT2D eigenvalue weighted by atomic mass is 16.6. The molecule has 0 aliphatic heterocycles. The Labute approximate surface area is 93.3 Å². The second-order valence-electron chi connectivity index (χ2n) is 3.04. The number of hydrogen-bond donors (Lipinski definition) is 1. The average molecular weight is 226 g/mol. The molecule has 0 radical (unpaired) electrons. The third kappa shape index (κ3) is 3.09. The molecule has 0 unspecified atom stereocenters.